The topological polar surface area (TPSA) is 221 Å². The van der Waals surface area contributed by atoms with Crippen LogP contribution in [-0.2, 0) is 42.9 Å². The second-order valence-corrected chi connectivity index (χ2v) is 17.4. The summed E-state index contributed by atoms with van der Waals surface area (Å²) < 4.78 is 29.7. The Morgan fingerprint density at radius 2 is 1.39 bits per heavy atom. The van der Waals surface area contributed by atoms with Gasteiger partial charge in [0.25, 0.3) is 5.91 Å². The lowest BCUT2D eigenvalue weighted by atomic mass is 9.44. The van der Waals surface area contributed by atoms with E-state index in [1.807, 2.05) is 0 Å². The number of aliphatic hydroxyl groups excluding tert-OH is 1. The number of hydrogen-bond acceptors (Lipinski definition) is 14. The van der Waals surface area contributed by atoms with Gasteiger partial charge >= 0.3 is 23.9 Å². The number of fused-ring (bicyclic) bond motifs is 5. The summed E-state index contributed by atoms with van der Waals surface area (Å²) in [6, 6.07) is 23.0. The number of Topliss-reactive ketones (excluding diaryl/α,β-unsaturated/α-hetero) is 1. The van der Waals surface area contributed by atoms with Gasteiger partial charge in [-0.1, -0.05) is 80.6 Å². The molecule has 7 rings (SSSR count). The SMILES string of the molecule is CC(=O)O[C@H]1C(=O)[C@@]2(C)C([C@H](OC(=O)c3ccccc3)[C@]3(O)C[C@H](OC(=O)[C@H](OC(C)=O)[C@@H](NC(=O)c4ccccc4)c4ccccc4)C(C)=C1C3(C)C)[C@]1(O)CO[C@@H]1C[C@@H]2O. The molecule has 3 aliphatic carbocycles. The van der Waals surface area contributed by atoms with E-state index < -0.39 is 113 Å². The smallest absolute Gasteiger partial charge is 0.350 e. The monoisotopic (exact) mass is 853 g/mol. The summed E-state index contributed by atoms with van der Waals surface area (Å²) in [6.07, 6.45) is -10.3. The third-order valence-corrected chi connectivity index (χ3v) is 13.4. The Morgan fingerprint density at radius 3 is 1.94 bits per heavy atom. The van der Waals surface area contributed by atoms with Crippen LogP contribution in [0.3, 0.4) is 0 Å². The number of carbonyl (C=O) groups is 6. The van der Waals surface area contributed by atoms with E-state index in [0.29, 0.717) is 5.56 Å². The van der Waals surface area contributed by atoms with E-state index in [0.717, 1.165) is 13.8 Å². The number of benzene rings is 3. The molecule has 1 unspecified atom stereocenters. The Hall–Kier alpha value is -5.74. The van der Waals surface area contributed by atoms with Gasteiger partial charge in [0, 0.05) is 43.6 Å². The first kappa shape index (κ1) is 44.3. The third-order valence-electron chi connectivity index (χ3n) is 13.4. The molecule has 0 aromatic heterocycles. The van der Waals surface area contributed by atoms with E-state index in [2.05, 4.69) is 5.32 Å². The van der Waals surface area contributed by atoms with Crippen LogP contribution in [0.5, 0.6) is 0 Å². The highest BCUT2D eigenvalue weighted by Gasteiger charge is 2.77. The summed E-state index contributed by atoms with van der Waals surface area (Å²) in [4.78, 5) is 83.5. The Kier molecular flexibility index (Phi) is 11.8. The van der Waals surface area contributed by atoms with E-state index in [9.17, 15) is 39.3 Å². The minimum absolute atomic E-state index is 0.00289. The van der Waals surface area contributed by atoms with Crippen LogP contribution in [0.1, 0.15) is 86.7 Å². The van der Waals surface area contributed by atoms with Crippen LogP contribution in [0.4, 0.5) is 0 Å². The van der Waals surface area contributed by atoms with Crippen LogP contribution in [0, 0.1) is 16.7 Å². The highest BCUT2D eigenvalue weighted by atomic mass is 16.6. The molecule has 62 heavy (non-hydrogen) atoms. The van der Waals surface area contributed by atoms with Gasteiger partial charge in [-0.2, -0.15) is 0 Å². The summed E-state index contributed by atoms with van der Waals surface area (Å²) in [5.74, 6) is -6.91. The molecular weight excluding hydrogens is 803 g/mol. The van der Waals surface area contributed by atoms with Crippen LogP contribution in [0.25, 0.3) is 0 Å². The highest BCUT2D eigenvalue weighted by molar-refractivity contribution is 5.96. The zero-order chi connectivity index (χ0) is 44.9. The van der Waals surface area contributed by atoms with Gasteiger partial charge in [-0.25, -0.2) is 9.59 Å². The van der Waals surface area contributed by atoms with Gasteiger partial charge in [0.15, 0.2) is 11.9 Å². The van der Waals surface area contributed by atoms with Crippen molar-refractivity contribution in [1.82, 2.24) is 5.32 Å². The normalized spacial score (nSPS) is 31.9. The predicted molar refractivity (Wildman–Crippen MR) is 218 cm³/mol. The molecule has 2 bridgehead atoms. The molecular formula is C47H51NO14. The fourth-order valence-corrected chi connectivity index (χ4v) is 10.1. The van der Waals surface area contributed by atoms with Crippen molar-refractivity contribution < 1.29 is 67.8 Å². The molecule has 4 N–H and O–H groups in total. The fraction of sp³-hybridized carbons (Fsp3) is 0.447. The Bertz CT molecular complexity index is 2280. The molecule has 1 aliphatic heterocycles. The number of nitrogens with one attached hydrogen (secondary N) is 1. The van der Waals surface area contributed by atoms with Crippen molar-refractivity contribution >= 4 is 35.6 Å². The number of ketones is 1. The van der Waals surface area contributed by atoms with E-state index in [-0.39, 0.29) is 35.3 Å². The van der Waals surface area contributed by atoms with Crippen LogP contribution in [0.2, 0.25) is 0 Å². The van der Waals surface area contributed by atoms with Crippen molar-refractivity contribution in [2.45, 2.75) is 108 Å². The molecule has 3 aromatic rings. The van der Waals surface area contributed by atoms with Crippen LogP contribution < -0.4 is 5.32 Å². The van der Waals surface area contributed by atoms with Crippen LogP contribution >= 0.6 is 0 Å². The summed E-state index contributed by atoms with van der Waals surface area (Å²) in [6.45, 7) is 7.84. The number of amides is 1. The minimum Gasteiger partial charge on any atom is -0.455 e. The van der Waals surface area contributed by atoms with Crippen molar-refractivity contribution in [1.29, 1.82) is 0 Å². The van der Waals surface area contributed by atoms with E-state index >= 15 is 4.79 Å². The van der Waals surface area contributed by atoms with Crippen molar-refractivity contribution in [3.63, 3.8) is 0 Å². The quantitative estimate of drug-likeness (QED) is 0.130. The number of hydrogen-bond donors (Lipinski definition) is 4. The maximum Gasteiger partial charge on any atom is 0.350 e. The molecule has 11 atom stereocenters. The average molecular weight is 854 g/mol. The number of aliphatic hydroxyl groups is 3. The van der Waals surface area contributed by atoms with Gasteiger partial charge in [-0.15, -0.1) is 0 Å². The second kappa shape index (κ2) is 16.5. The van der Waals surface area contributed by atoms with Gasteiger partial charge < -0.3 is 44.3 Å². The van der Waals surface area contributed by atoms with Crippen LogP contribution in [-0.4, -0.2) is 105 Å². The molecule has 0 spiro atoms. The van der Waals surface area contributed by atoms with E-state index in [1.54, 1.807) is 92.7 Å². The standard InChI is InChI=1S/C47H51NO14/c1-25-31(61-43(55)37(60-27(3)50)35(28-16-10-7-11-17-28)48-41(53)29-18-12-8-13-19-29)23-47(57)40(62-42(54)30-20-14-9-15-21-30)38-45(6,32(51)22-33-46(38,56)24-58-33)39(52)36(59-26(2)49)34(25)44(47,4)5/h7-21,31-33,35-38,40,51,56-57H,22-24H2,1-6H3,(H,48,53)/t31-,32-,33+,35-,36+,37+,38?,40-,45+,46-,47+/m0/s1. The van der Waals surface area contributed by atoms with Gasteiger partial charge in [-0.05, 0) is 54.8 Å². The second-order valence-electron chi connectivity index (χ2n) is 17.4. The minimum atomic E-state index is -2.38. The maximum absolute atomic E-state index is 15.3. The third kappa shape index (κ3) is 7.40. The molecule has 1 amide bonds. The van der Waals surface area contributed by atoms with Gasteiger partial charge in [0.05, 0.1) is 29.8 Å². The van der Waals surface area contributed by atoms with E-state index in [4.69, 9.17) is 23.7 Å². The molecule has 328 valence electrons. The van der Waals surface area contributed by atoms with Crippen molar-refractivity contribution in [2.75, 3.05) is 6.61 Å². The first-order chi connectivity index (χ1) is 29.2. The van der Waals surface area contributed by atoms with E-state index in [1.165, 1.54) is 26.0 Å². The Balaban J connectivity index is 1.39. The van der Waals surface area contributed by atoms with Gasteiger partial charge in [-0.3, -0.25) is 19.2 Å². The summed E-state index contributed by atoms with van der Waals surface area (Å²) in [7, 11) is 0. The summed E-state index contributed by atoms with van der Waals surface area (Å²) in [5, 5.41) is 40.8. The average Bonchev–Trinajstić information content (AvgIpc) is 3.24. The zero-order valence-corrected chi connectivity index (χ0v) is 35.2. The van der Waals surface area contributed by atoms with Crippen molar-refractivity contribution in [3.05, 3.63) is 119 Å². The number of carbonyl (C=O) groups excluding carboxylic acids is 6. The molecule has 3 fully saturated rings. The number of rotatable bonds is 10. The molecule has 4 aliphatic rings. The first-order valence-corrected chi connectivity index (χ1v) is 20.5. The highest BCUT2D eigenvalue weighted by Crippen LogP contribution is 2.63. The van der Waals surface area contributed by atoms with Crippen LogP contribution in [0.15, 0.2) is 102 Å². The Morgan fingerprint density at radius 1 is 0.806 bits per heavy atom. The van der Waals surface area contributed by atoms with Crippen molar-refractivity contribution in [3.8, 4) is 0 Å². The number of ether oxygens (including phenoxy) is 5. The molecule has 15 nitrogen and oxygen atoms in total. The fourth-order valence-electron chi connectivity index (χ4n) is 10.1. The first-order valence-electron chi connectivity index (χ1n) is 20.5. The molecule has 2 saturated carbocycles. The number of esters is 4. The predicted octanol–water partition coefficient (Wildman–Crippen LogP) is 3.74. The lowest BCUT2D eigenvalue weighted by Crippen LogP contribution is -2.81. The summed E-state index contributed by atoms with van der Waals surface area (Å²) in [5.41, 5.74) is -7.17. The lowest BCUT2D eigenvalue weighted by Gasteiger charge is -2.66. The lowest BCUT2D eigenvalue weighted by molar-refractivity contribution is -0.343. The zero-order valence-electron chi connectivity index (χ0n) is 35.2. The molecule has 1 heterocycles. The van der Waals surface area contributed by atoms with Gasteiger partial charge in [0.1, 0.15) is 29.5 Å². The molecule has 0 radical (unpaired) electrons. The molecule has 1 saturated heterocycles. The van der Waals surface area contributed by atoms with Gasteiger partial charge in [0.2, 0.25) is 6.10 Å². The Labute approximate surface area is 358 Å². The molecule has 3 aromatic carbocycles. The molecule has 15 heteroatoms. The summed E-state index contributed by atoms with van der Waals surface area (Å²) >= 11 is 0. The van der Waals surface area contributed by atoms with Crippen molar-refractivity contribution in [2.24, 2.45) is 16.7 Å². The maximum atomic E-state index is 15.3. The largest absolute Gasteiger partial charge is 0.455 e.